The molecule has 1 aromatic carbocycles. The lowest BCUT2D eigenvalue weighted by molar-refractivity contribution is -0.139. The van der Waals surface area contributed by atoms with E-state index >= 15 is 0 Å². The quantitative estimate of drug-likeness (QED) is 0.238. The number of allylic oxidation sites excluding steroid dienone is 3. The molecule has 1 aromatic rings. The van der Waals surface area contributed by atoms with Crippen molar-refractivity contribution < 1.29 is 29.3 Å². The number of ether oxygens (including phenoxy) is 2. The highest BCUT2D eigenvalue weighted by molar-refractivity contribution is 5.86. The maximum Gasteiger partial charge on any atom is 0.310 e. The molecule has 0 radical (unpaired) electrons. The number of aliphatic hydroxyl groups excluding tert-OH is 1. The second kappa shape index (κ2) is 14.5. The van der Waals surface area contributed by atoms with Crippen LogP contribution in [0.2, 0.25) is 0 Å². The van der Waals surface area contributed by atoms with Gasteiger partial charge in [0.25, 0.3) is 0 Å². The monoisotopic (exact) mass is 486 g/mol. The van der Waals surface area contributed by atoms with Crippen LogP contribution in [-0.2, 0) is 20.7 Å². The van der Waals surface area contributed by atoms with Crippen LogP contribution in [0.25, 0.3) is 0 Å². The maximum absolute atomic E-state index is 12.3. The van der Waals surface area contributed by atoms with Crippen LogP contribution in [0, 0.1) is 5.92 Å². The van der Waals surface area contributed by atoms with E-state index in [-0.39, 0.29) is 23.9 Å². The zero-order chi connectivity index (χ0) is 26.6. The SMILES string of the molecule is C=CC(C)(CCC=C(C)CCCC(C)C(=O)C(O)C=C(C)C)Oc1ccc(O)cc1CC(=O)OC. The zero-order valence-corrected chi connectivity index (χ0v) is 22.1. The molecule has 3 unspecified atom stereocenters. The molecule has 1 rings (SSSR count). The van der Waals surface area contributed by atoms with E-state index in [1.807, 2.05) is 27.7 Å². The number of esters is 1. The highest BCUT2D eigenvalue weighted by atomic mass is 16.5. The van der Waals surface area contributed by atoms with Crippen LogP contribution >= 0.6 is 0 Å². The summed E-state index contributed by atoms with van der Waals surface area (Å²) in [6, 6.07) is 4.67. The van der Waals surface area contributed by atoms with E-state index in [2.05, 4.69) is 19.6 Å². The predicted molar refractivity (Wildman–Crippen MR) is 140 cm³/mol. The first-order chi connectivity index (χ1) is 16.4. The number of phenols is 1. The third-order valence-corrected chi connectivity index (χ3v) is 5.99. The van der Waals surface area contributed by atoms with Gasteiger partial charge in [0.2, 0.25) is 0 Å². The molecule has 0 aliphatic carbocycles. The van der Waals surface area contributed by atoms with E-state index in [1.165, 1.54) is 24.8 Å². The minimum Gasteiger partial charge on any atom is -0.508 e. The summed E-state index contributed by atoms with van der Waals surface area (Å²) in [6.07, 6.45) is 8.41. The van der Waals surface area contributed by atoms with Gasteiger partial charge in [-0.3, -0.25) is 9.59 Å². The smallest absolute Gasteiger partial charge is 0.310 e. The Balaban J connectivity index is 2.65. The van der Waals surface area contributed by atoms with Crippen molar-refractivity contribution in [1.82, 2.24) is 0 Å². The Morgan fingerprint density at radius 1 is 1.23 bits per heavy atom. The number of methoxy groups -OCH3 is 1. The fourth-order valence-corrected chi connectivity index (χ4v) is 3.70. The van der Waals surface area contributed by atoms with Crippen molar-refractivity contribution in [1.29, 1.82) is 0 Å². The van der Waals surface area contributed by atoms with Gasteiger partial charge in [-0.2, -0.15) is 0 Å². The molecule has 0 aromatic heterocycles. The summed E-state index contributed by atoms with van der Waals surface area (Å²) in [6.45, 7) is 13.5. The summed E-state index contributed by atoms with van der Waals surface area (Å²) in [4.78, 5) is 24.0. The number of hydrogen-bond acceptors (Lipinski definition) is 6. The molecule has 6 nitrogen and oxygen atoms in total. The van der Waals surface area contributed by atoms with Crippen LogP contribution in [0.5, 0.6) is 11.5 Å². The average Bonchev–Trinajstić information content (AvgIpc) is 2.79. The number of hydrogen-bond donors (Lipinski definition) is 2. The summed E-state index contributed by atoms with van der Waals surface area (Å²) in [7, 11) is 1.32. The Bertz CT molecular complexity index is 925. The van der Waals surface area contributed by atoms with Crippen LogP contribution in [-0.4, -0.2) is 40.8 Å². The molecular weight excluding hydrogens is 444 g/mol. The van der Waals surface area contributed by atoms with E-state index in [0.717, 1.165) is 31.3 Å². The fraction of sp³-hybridized carbons (Fsp3) is 0.517. The summed E-state index contributed by atoms with van der Waals surface area (Å²) in [5.74, 6) is -0.174. The van der Waals surface area contributed by atoms with E-state index in [1.54, 1.807) is 18.2 Å². The number of aliphatic hydroxyl groups is 1. The second-order valence-electron chi connectivity index (χ2n) is 9.64. The molecule has 0 bridgehead atoms. The minimum atomic E-state index is -1.02. The van der Waals surface area contributed by atoms with E-state index < -0.39 is 17.7 Å². The summed E-state index contributed by atoms with van der Waals surface area (Å²) >= 11 is 0. The van der Waals surface area contributed by atoms with Crippen molar-refractivity contribution in [2.75, 3.05) is 7.11 Å². The topological polar surface area (TPSA) is 93.1 Å². The van der Waals surface area contributed by atoms with Gasteiger partial charge in [0, 0.05) is 11.5 Å². The maximum atomic E-state index is 12.3. The van der Waals surface area contributed by atoms with Gasteiger partial charge in [0.15, 0.2) is 5.78 Å². The number of carbonyl (C=O) groups is 2. The molecule has 0 amide bonds. The Kier molecular flexibility index (Phi) is 12.5. The molecule has 0 spiro atoms. The molecule has 0 aliphatic heterocycles. The van der Waals surface area contributed by atoms with Crippen molar-refractivity contribution in [3.63, 3.8) is 0 Å². The number of ketones is 1. The van der Waals surface area contributed by atoms with Crippen molar-refractivity contribution in [3.8, 4) is 11.5 Å². The molecule has 0 fully saturated rings. The van der Waals surface area contributed by atoms with Gasteiger partial charge in [-0.15, -0.1) is 0 Å². The summed E-state index contributed by atoms with van der Waals surface area (Å²) in [5.41, 5.74) is 2.05. The third-order valence-electron chi connectivity index (χ3n) is 5.99. The van der Waals surface area contributed by atoms with Gasteiger partial charge in [0.1, 0.15) is 23.2 Å². The molecule has 0 saturated heterocycles. The van der Waals surface area contributed by atoms with Crippen LogP contribution in [0.15, 0.2) is 54.2 Å². The molecule has 194 valence electrons. The van der Waals surface area contributed by atoms with Gasteiger partial charge in [-0.25, -0.2) is 0 Å². The third kappa shape index (κ3) is 11.0. The van der Waals surface area contributed by atoms with Crippen molar-refractivity contribution in [3.05, 3.63) is 59.7 Å². The molecule has 0 aliphatic rings. The lowest BCUT2D eigenvalue weighted by Crippen LogP contribution is -2.30. The van der Waals surface area contributed by atoms with Gasteiger partial charge in [-0.05, 0) is 84.1 Å². The number of phenolic OH excluding ortho intramolecular Hbond substituents is 1. The fourth-order valence-electron chi connectivity index (χ4n) is 3.70. The van der Waals surface area contributed by atoms with Gasteiger partial charge >= 0.3 is 5.97 Å². The van der Waals surface area contributed by atoms with E-state index in [0.29, 0.717) is 17.7 Å². The molecular formula is C29H42O6. The summed E-state index contributed by atoms with van der Waals surface area (Å²) < 4.78 is 11.0. The lowest BCUT2D eigenvalue weighted by Gasteiger charge is -2.28. The number of rotatable bonds is 15. The van der Waals surface area contributed by atoms with Crippen molar-refractivity contribution in [2.45, 2.75) is 84.8 Å². The molecule has 0 heterocycles. The number of benzene rings is 1. The largest absolute Gasteiger partial charge is 0.508 e. The normalized spacial score (nSPS) is 14.9. The van der Waals surface area contributed by atoms with E-state index in [9.17, 15) is 19.8 Å². The first-order valence-corrected chi connectivity index (χ1v) is 12.1. The van der Waals surface area contributed by atoms with Gasteiger partial charge in [0.05, 0.1) is 13.5 Å². The van der Waals surface area contributed by atoms with Crippen LogP contribution in [0.3, 0.4) is 0 Å². The summed E-state index contributed by atoms with van der Waals surface area (Å²) in [5, 5.41) is 19.8. The Morgan fingerprint density at radius 3 is 2.51 bits per heavy atom. The van der Waals surface area contributed by atoms with Crippen molar-refractivity contribution >= 4 is 11.8 Å². The van der Waals surface area contributed by atoms with Crippen LogP contribution in [0.4, 0.5) is 0 Å². The molecule has 35 heavy (non-hydrogen) atoms. The minimum absolute atomic E-state index is 0.00123. The van der Waals surface area contributed by atoms with Gasteiger partial charge in [-0.1, -0.05) is 36.8 Å². The predicted octanol–water partition coefficient (Wildman–Crippen LogP) is 5.86. The number of carbonyl (C=O) groups excluding carboxylic acids is 2. The Morgan fingerprint density at radius 2 is 1.91 bits per heavy atom. The molecule has 6 heteroatoms. The standard InChI is InChI=1S/C29H42O6/c1-8-29(6,35-26-15-14-24(30)18-23(26)19-27(32)34-7)16-10-12-21(4)11-9-13-22(5)28(33)25(31)17-20(2)3/h8,12,14-15,17-18,22,25,30-31H,1,9-11,13,16,19H2,2-7H3. The van der Waals surface area contributed by atoms with Gasteiger partial charge < -0.3 is 19.7 Å². The van der Waals surface area contributed by atoms with Crippen LogP contribution < -0.4 is 4.74 Å². The molecule has 2 N–H and O–H groups in total. The highest BCUT2D eigenvalue weighted by Gasteiger charge is 2.24. The zero-order valence-electron chi connectivity index (χ0n) is 22.1. The van der Waals surface area contributed by atoms with Crippen LogP contribution in [0.1, 0.15) is 72.3 Å². The highest BCUT2D eigenvalue weighted by Crippen LogP contribution is 2.30. The first kappa shape index (κ1) is 30.2. The second-order valence-corrected chi connectivity index (χ2v) is 9.64. The Hall–Kier alpha value is -2.86. The molecule has 0 saturated carbocycles. The Labute approximate surface area is 210 Å². The lowest BCUT2D eigenvalue weighted by atomic mass is 9.93. The van der Waals surface area contributed by atoms with E-state index in [4.69, 9.17) is 9.47 Å². The number of aromatic hydroxyl groups is 1. The average molecular weight is 487 g/mol. The first-order valence-electron chi connectivity index (χ1n) is 12.1. The number of Topliss-reactive ketones (excluding diaryl/α,β-unsaturated/α-hetero) is 1. The van der Waals surface area contributed by atoms with Crippen molar-refractivity contribution in [2.24, 2.45) is 5.92 Å². The molecule has 3 atom stereocenters.